The summed E-state index contributed by atoms with van der Waals surface area (Å²) in [5, 5.41) is 0. The van der Waals surface area contributed by atoms with Crippen molar-refractivity contribution >= 4 is 16.9 Å². The van der Waals surface area contributed by atoms with Gasteiger partial charge in [-0.05, 0) is 44.0 Å². The third-order valence-electron chi connectivity index (χ3n) is 5.21. The zero-order valence-electron chi connectivity index (χ0n) is 16.4. The van der Waals surface area contributed by atoms with Crippen LogP contribution in [0.5, 0.6) is 6.01 Å². The second-order valence-electron chi connectivity index (χ2n) is 7.45. The van der Waals surface area contributed by atoms with Gasteiger partial charge in [-0.25, -0.2) is 0 Å². The molecular weight excluding hydrogens is 352 g/mol. The minimum absolute atomic E-state index is 0.346. The van der Waals surface area contributed by atoms with E-state index >= 15 is 0 Å². The van der Waals surface area contributed by atoms with Crippen molar-refractivity contribution < 1.29 is 4.74 Å². The molecule has 3 aromatic rings. The highest BCUT2D eigenvalue weighted by molar-refractivity contribution is 5.87. The molecule has 3 aromatic heterocycles. The van der Waals surface area contributed by atoms with Gasteiger partial charge in [0.25, 0.3) is 0 Å². The number of fused-ring (bicyclic) bond motifs is 1. The minimum Gasteiger partial charge on any atom is -0.463 e. The fourth-order valence-electron chi connectivity index (χ4n) is 3.61. The molecule has 7 nitrogen and oxygen atoms in total. The molecule has 4 heterocycles. The van der Waals surface area contributed by atoms with Crippen molar-refractivity contribution in [3.05, 3.63) is 41.3 Å². The van der Waals surface area contributed by atoms with Gasteiger partial charge in [0, 0.05) is 30.9 Å². The van der Waals surface area contributed by atoms with Gasteiger partial charge in [0.05, 0.1) is 12.3 Å². The number of nitrogens with zero attached hydrogens (tertiary/aromatic N) is 4. The summed E-state index contributed by atoms with van der Waals surface area (Å²) in [6, 6.07) is 4.63. The van der Waals surface area contributed by atoms with Crippen molar-refractivity contribution in [1.82, 2.24) is 24.8 Å². The van der Waals surface area contributed by atoms with Crippen LogP contribution in [0.2, 0.25) is 0 Å². The molecule has 0 unspecified atom stereocenters. The summed E-state index contributed by atoms with van der Waals surface area (Å²) in [7, 11) is 0. The highest BCUT2D eigenvalue weighted by Crippen LogP contribution is 2.25. The predicted octanol–water partition coefficient (Wildman–Crippen LogP) is 3.30. The molecule has 0 amide bonds. The molecule has 28 heavy (non-hydrogen) atoms. The number of ether oxygens (including phenoxy) is 1. The average molecular weight is 380 g/mol. The molecule has 0 bridgehead atoms. The number of pyridine rings is 1. The van der Waals surface area contributed by atoms with Crippen LogP contribution >= 0.6 is 0 Å². The van der Waals surface area contributed by atoms with E-state index in [2.05, 4.69) is 43.9 Å². The van der Waals surface area contributed by atoms with E-state index in [0.29, 0.717) is 18.4 Å². The van der Waals surface area contributed by atoms with Gasteiger partial charge in [-0.15, -0.1) is 0 Å². The molecule has 3 N–H and O–H groups in total. The monoisotopic (exact) mass is 380 g/mol. The zero-order valence-corrected chi connectivity index (χ0v) is 16.4. The second-order valence-corrected chi connectivity index (χ2v) is 7.45. The standard InChI is InChI=1S/C21H28N6O/c1-2-3-10-28-21-25-18-16(13-24-19(18)20(22)26-21)11-15-6-7-17(23-12-15)14-27-8-4-5-9-27/h6-7,12-13,24H,2-5,8-11,14H2,1H3,(H2,22,25,26). The predicted molar refractivity (Wildman–Crippen MR) is 110 cm³/mol. The van der Waals surface area contributed by atoms with E-state index in [4.69, 9.17) is 10.5 Å². The van der Waals surface area contributed by atoms with Crippen molar-refractivity contribution in [3.8, 4) is 6.01 Å². The maximum Gasteiger partial charge on any atom is 0.319 e. The number of unbranched alkanes of at least 4 members (excludes halogenated alkanes) is 1. The van der Waals surface area contributed by atoms with E-state index in [0.717, 1.165) is 53.7 Å². The zero-order chi connectivity index (χ0) is 19.3. The van der Waals surface area contributed by atoms with E-state index < -0.39 is 0 Å². The molecule has 0 aromatic carbocycles. The number of nitrogen functional groups attached to an aromatic ring is 1. The fraction of sp³-hybridized carbons (Fsp3) is 0.476. The van der Waals surface area contributed by atoms with E-state index in [1.165, 1.54) is 25.9 Å². The molecule has 0 aliphatic carbocycles. The van der Waals surface area contributed by atoms with Crippen LogP contribution in [0.1, 0.15) is 49.4 Å². The van der Waals surface area contributed by atoms with Crippen LogP contribution in [0.15, 0.2) is 24.5 Å². The van der Waals surface area contributed by atoms with Crippen molar-refractivity contribution in [2.24, 2.45) is 0 Å². The van der Waals surface area contributed by atoms with Crippen molar-refractivity contribution in [1.29, 1.82) is 0 Å². The molecule has 148 valence electrons. The summed E-state index contributed by atoms with van der Waals surface area (Å²) in [6.07, 6.45) is 9.28. The van der Waals surface area contributed by atoms with Crippen LogP contribution in [0.25, 0.3) is 11.0 Å². The minimum atomic E-state index is 0.346. The van der Waals surface area contributed by atoms with Crippen molar-refractivity contribution in [2.45, 2.75) is 45.6 Å². The number of hydrogen-bond acceptors (Lipinski definition) is 6. The lowest BCUT2D eigenvalue weighted by atomic mass is 10.1. The van der Waals surface area contributed by atoms with Crippen LogP contribution in [0.4, 0.5) is 5.82 Å². The molecule has 0 radical (unpaired) electrons. The average Bonchev–Trinajstić information content (AvgIpc) is 3.34. The number of anilines is 1. The highest BCUT2D eigenvalue weighted by Gasteiger charge is 2.14. The molecule has 1 aliphatic rings. The van der Waals surface area contributed by atoms with Crippen LogP contribution in [0.3, 0.4) is 0 Å². The first-order chi connectivity index (χ1) is 13.7. The van der Waals surface area contributed by atoms with E-state index in [1.807, 2.05) is 12.4 Å². The molecule has 1 aliphatic heterocycles. The van der Waals surface area contributed by atoms with Crippen LogP contribution < -0.4 is 10.5 Å². The van der Waals surface area contributed by atoms with Gasteiger partial charge < -0.3 is 15.5 Å². The Balaban J connectivity index is 1.49. The normalized spacial score (nSPS) is 14.8. The lowest BCUT2D eigenvalue weighted by molar-refractivity contribution is 0.287. The van der Waals surface area contributed by atoms with Gasteiger partial charge in [-0.1, -0.05) is 19.4 Å². The second kappa shape index (κ2) is 8.56. The van der Waals surface area contributed by atoms with Gasteiger partial charge in [0.2, 0.25) is 0 Å². The quantitative estimate of drug-likeness (QED) is 0.583. The lowest BCUT2D eigenvalue weighted by Crippen LogP contribution is -2.19. The number of hydrogen-bond donors (Lipinski definition) is 2. The Labute approximate surface area is 165 Å². The molecule has 0 spiro atoms. The van der Waals surface area contributed by atoms with Crippen LogP contribution in [0, 0.1) is 0 Å². The number of aromatic amines is 1. The van der Waals surface area contributed by atoms with Crippen molar-refractivity contribution in [2.75, 3.05) is 25.4 Å². The Kier molecular flexibility index (Phi) is 5.71. The first kappa shape index (κ1) is 18.7. The largest absolute Gasteiger partial charge is 0.463 e. The number of aromatic nitrogens is 4. The van der Waals surface area contributed by atoms with E-state index in [-0.39, 0.29) is 0 Å². The SMILES string of the molecule is CCCCOc1nc(N)c2[nH]cc(Cc3ccc(CN4CCCC4)nc3)c2n1. The summed E-state index contributed by atoms with van der Waals surface area (Å²) in [4.78, 5) is 19.1. The number of rotatable bonds is 8. The topological polar surface area (TPSA) is 93.0 Å². The summed E-state index contributed by atoms with van der Waals surface area (Å²) < 4.78 is 5.66. The van der Waals surface area contributed by atoms with E-state index in [1.54, 1.807) is 0 Å². The number of nitrogens with two attached hydrogens (primary N) is 1. The molecule has 1 saturated heterocycles. The van der Waals surface area contributed by atoms with Crippen LogP contribution in [-0.2, 0) is 13.0 Å². The lowest BCUT2D eigenvalue weighted by Gasteiger charge is -2.13. The maximum atomic E-state index is 6.09. The van der Waals surface area contributed by atoms with Crippen LogP contribution in [-0.4, -0.2) is 44.5 Å². The molecule has 7 heteroatoms. The van der Waals surface area contributed by atoms with Gasteiger partial charge in [-0.3, -0.25) is 9.88 Å². The summed E-state index contributed by atoms with van der Waals surface area (Å²) in [6.45, 7) is 6.03. The Morgan fingerprint density at radius 3 is 2.82 bits per heavy atom. The molecule has 0 saturated carbocycles. The summed E-state index contributed by atoms with van der Waals surface area (Å²) >= 11 is 0. The van der Waals surface area contributed by atoms with Crippen molar-refractivity contribution in [3.63, 3.8) is 0 Å². The Morgan fingerprint density at radius 1 is 1.21 bits per heavy atom. The first-order valence-electron chi connectivity index (χ1n) is 10.2. The number of nitrogens with one attached hydrogen (secondary N) is 1. The van der Waals surface area contributed by atoms with E-state index in [9.17, 15) is 0 Å². The Hall–Kier alpha value is -2.67. The van der Waals surface area contributed by atoms with Gasteiger partial charge in [0.15, 0.2) is 5.82 Å². The highest BCUT2D eigenvalue weighted by atomic mass is 16.5. The smallest absolute Gasteiger partial charge is 0.319 e. The Bertz CT molecular complexity index is 915. The summed E-state index contributed by atoms with van der Waals surface area (Å²) in [5.41, 5.74) is 11.0. The molecule has 4 rings (SSSR count). The summed E-state index contributed by atoms with van der Waals surface area (Å²) in [5.74, 6) is 0.418. The van der Waals surface area contributed by atoms with Gasteiger partial charge in [0.1, 0.15) is 11.0 Å². The number of likely N-dealkylation sites (tertiary alicyclic amines) is 1. The fourth-order valence-corrected chi connectivity index (χ4v) is 3.61. The van der Waals surface area contributed by atoms with Gasteiger partial charge in [-0.2, -0.15) is 9.97 Å². The molecule has 0 atom stereocenters. The third kappa shape index (κ3) is 4.25. The maximum absolute atomic E-state index is 6.09. The van der Waals surface area contributed by atoms with Gasteiger partial charge >= 0.3 is 6.01 Å². The number of H-pyrrole nitrogens is 1. The first-order valence-corrected chi connectivity index (χ1v) is 10.2. The third-order valence-corrected chi connectivity index (χ3v) is 5.21. The molecule has 1 fully saturated rings. The Morgan fingerprint density at radius 2 is 2.07 bits per heavy atom. The molecular formula is C21H28N6O.